The quantitative estimate of drug-likeness (QED) is 0.517. The summed E-state index contributed by atoms with van der Waals surface area (Å²) in [5.74, 6) is 1.61. The molecule has 0 heterocycles. The van der Waals surface area contributed by atoms with Gasteiger partial charge in [0.05, 0.1) is 11.9 Å². The maximum atomic E-state index is 5.82. The second-order valence-corrected chi connectivity index (χ2v) is 5.23. The van der Waals surface area contributed by atoms with Gasteiger partial charge in [0.25, 0.3) is 0 Å². The Balaban J connectivity index is 1.66. The molecule has 0 aliphatic carbocycles. The zero-order valence-corrected chi connectivity index (χ0v) is 12.9. The molecule has 3 aromatic rings. The minimum Gasteiger partial charge on any atom is -0.457 e. The number of ether oxygens (including phenoxy) is 1. The second-order valence-electron chi connectivity index (χ2n) is 5.23. The number of benzene rings is 3. The fraction of sp³-hybridized carbons (Fsp3) is 0.0500. The lowest BCUT2D eigenvalue weighted by Crippen LogP contribution is -1.91. The van der Waals surface area contributed by atoms with Crippen molar-refractivity contribution < 1.29 is 4.74 Å². The molecule has 3 rings (SSSR count). The van der Waals surface area contributed by atoms with Crippen LogP contribution in [0.2, 0.25) is 0 Å². The smallest absolute Gasteiger partial charge is 0.128 e. The maximum Gasteiger partial charge on any atom is 0.128 e. The number of hydrogen-bond acceptors (Lipinski definition) is 3. The highest BCUT2D eigenvalue weighted by Gasteiger charge is 1.97. The van der Waals surface area contributed by atoms with Gasteiger partial charge in [0.1, 0.15) is 11.5 Å². The Hall–Kier alpha value is -3.07. The molecule has 0 saturated heterocycles. The number of nitrogens with one attached hydrogen (secondary N) is 1. The number of hydrogen-bond donors (Lipinski definition) is 1. The minimum atomic E-state index is 0.788. The fourth-order valence-corrected chi connectivity index (χ4v) is 2.18. The largest absolute Gasteiger partial charge is 0.457 e. The van der Waals surface area contributed by atoms with Crippen LogP contribution in [0.15, 0.2) is 84.0 Å². The Morgan fingerprint density at radius 1 is 0.826 bits per heavy atom. The summed E-state index contributed by atoms with van der Waals surface area (Å²) in [6.45, 7) is 2.05. The highest BCUT2D eigenvalue weighted by atomic mass is 16.5. The van der Waals surface area contributed by atoms with E-state index in [1.165, 1.54) is 5.56 Å². The van der Waals surface area contributed by atoms with E-state index in [0.717, 1.165) is 22.7 Å². The standard InChI is InChI=1S/C20H18N2O/c1-16-7-5-9-18(13-16)22-21-15-17-8-6-12-20(14-17)23-19-10-3-2-4-11-19/h2-15,22H,1H3. The van der Waals surface area contributed by atoms with Gasteiger partial charge >= 0.3 is 0 Å². The third kappa shape index (κ3) is 4.45. The van der Waals surface area contributed by atoms with E-state index in [4.69, 9.17) is 4.74 Å². The number of anilines is 1. The van der Waals surface area contributed by atoms with Gasteiger partial charge in [-0.05, 0) is 54.4 Å². The number of nitrogens with zero attached hydrogens (tertiary/aromatic N) is 1. The molecular formula is C20H18N2O. The second kappa shape index (κ2) is 7.27. The van der Waals surface area contributed by atoms with Crippen molar-refractivity contribution in [3.63, 3.8) is 0 Å². The first kappa shape index (κ1) is 14.9. The first-order chi connectivity index (χ1) is 11.3. The first-order valence-corrected chi connectivity index (χ1v) is 7.48. The van der Waals surface area contributed by atoms with Crippen LogP contribution < -0.4 is 10.2 Å². The summed E-state index contributed by atoms with van der Waals surface area (Å²) >= 11 is 0. The van der Waals surface area contributed by atoms with Gasteiger partial charge in [-0.15, -0.1) is 0 Å². The predicted octanol–water partition coefficient (Wildman–Crippen LogP) is 5.23. The molecule has 0 radical (unpaired) electrons. The Kier molecular flexibility index (Phi) is 4.69. The molecule has 0 atom stereocenters. The molecule has 0 spiro atoms. The van der Waals surface area contributed by atoms with Gasteiger partial charge < -0.3 is 4.74 Å². The molecule has 0 aliphatic rings. The van der Waals surface area contributed by atoms with Gasteiger partial charge in [-0.2, -0.15) is 5.10 Å². The lowest BCUT2D eigenvalue weighted by molar-refractivity contribution is 0.482. The lowest BCUT2D eigenvalue weighted by atomic mass is 10.2. The van der Waals surface area contributed by atoms with Gasteiger partial charge in [0.15, 0.2) is 0 Å². The molecule has 23 heavy (non-hydrogen) atoms. The van der Waals surface area contributed by atoms with Crippen LogP contribution in [0, 0.1) is 6.92 Å². The Bertz CT molecular complexity index is 798. The third-order valence-electron chi connectivity index (χ3n) is 3.26. The molecule has 0 fully saturated rings. The van der Waals surface area contributed by atoms with Crippen LogP contribution in [-0.2, 0) is 0 Å². The molecule has 3 aromatic carbocycles. The molecule has 0 saturated carbocycles. The molecule has 0 amide bonds. The van der Waals surface area contributed by atoms with E-state index in [0.29, 0.717) is 0 Å². The molecule has 0 bridgehead atoms. The van der Waals surface area contributed by atoms with Crippen molar-refractivity contribution >= 4 is 11.9 Å². The van der Waals surface area contributed by atoms with Crippen LogP contribution in [0.4, 0.5) is 5.69 Å². The van der Waals surface area contributed by atoms with Crippen LogP contribution in [-0.4, -0.2) is 6.21 Å². The molecule has 114 valence electrons. The first-order valence-electron chi connectivity index (χ1n) is 7.48. The molecular weight excluding hydrogens is 284 g/mol. The average molecular weight is 302 g/mol. The van der Waals surface area contributed by atoms with Gasteiger partial charge in [-0.3, -0.25) is 5.43 Å². The zero-order chi connectivity index (χ0) is 15.9. The monoisotopic (exact) mass is 302 g/mol. The van der Waals surface area contributed by atoms with Crippen LogP contribution in [0.1, 0.15) is 11.1 Å². The van der Waals surface area contributed by atoms with Crippen molar-refractivity contribution in [2.75, 3.05) is 5.43 Å². The number of aryl methyl sites for hydroxylation is 1. The van der Waals surface area contributed by atoms with Crippen LogP contribution in [0.3, 0.4) is 0 Å². The summed E-state index contributed by atoms with van der Waals surface area (Å²) < 4.78 is 5.82. The Morgan fingerprint density at radius 3 is 2.43 bits per heavy atom. The number of para-hydroxylation sites is 1. The van der Waals surface area contributed by atoms with Crippen molar-refractivity contribution in [3.05, 3.63) is 90.0 Å². The highest BCUT2D eigenvalue weighted by molar-refractivity contribution is 5.80. The predicted molar refractivity (Wildman–Crippen MR) is 95.4 cm³/mol. The minimum absolute atomic E-state index is 0.788. The van der Waals surface area contributed by atoms with E-state index in [1.807, 2.05) is 72.8 Å². The molecule has 3 nitrogen and oxygen atoms in total. The molecule has 0 aliphatic heterocycles. The lowest BCUT2D eigenvalue weighted by Gasteiger charge is -2.06. The van der Waals surface area contributed by atoms with Crippen molar-refractivity contribution in [1.82, 2.24) is 0 Å². The summed E-state index contributed by atoms with van der Waals surface area (Å²) in [7, 11) is 0. The highest BCUT2D eigenvalue weighted by Crippen LogP contribution is 2.21. The molecule has 0 unspecified atom stereocenters. The van der Waals surface area contributed by atoms with E-state index in [-0.39, 0.29) is 0 Å². The summed E-state index contributed by atoms with van der Waals surface area (Å²) in [6.07, 6.45) is 1.78. The average Bonchev–Trinajstić information content (AvgIpc) is 2.56. The topological polar surface area (TPSA) is 33.6 Å². The Morgan fingerprint density at radius 2 is 1.61 bits per heavy atom. The maximum absolute atomic E-state index is 5.82. The zero-order valence-electron chi connectivity index (χ0n) is 12.9. The van der Waals surface area contributed by atoms with Gasteiger partial charge in [-0.25, -0.2) is 0 Å². The molecule has 1 N–H and O–H groups in total. The van der Waals surface area contributed by atoms with E-state index in [9.17, 15) is 0 Å². The fourth-order valence-electron chi connectivity index (χ4n) is 2.18. The molecule has 3 heteroatoms. The van der Waals surface area contributed by atoms with Gasteiger partial charge in [0.2, 0.25) is 0 Å². The van der Waals surface area contributed by atoms with Crippen LogP contribution in [0.25, 0.3) is 0 Å². The summed E-state index contributed by atoms with van der Waals surface area (Å²) in [4.78, 5) is 0. The van der Waals surface area contributed by atoms with Crippen LogP contribution in [0.5, 0.6) is 11.5 Å². The summed E-state index contributed by atoms with van der Waals surface area (Å²) in [5, 5.41) is 4.27. The number of hydrazone groups is 1. The summed E-state index contributed by atoms with van der Waals surface area (Å²) in [5.41, 5.74) is 6.17. The van der Waals surface area contributed by atoms with E-state index in [1.54, 1.807) is 6.21 Å². The van der Waals surface area contributed by atoms with E-state index < -0.39 is 0 Å². The van der Waals surface area contributed by atoms with Gasteiger partial charge in [-0.1, -0.05) is 42.5 Å². The van der Waals surface area contributed by atoms with E-state index in [2.05, 4.69) is 23.5 Å². The normalized spacial score (nSPS) is 10.7. The van der Waals surface area contributed by atoms with E-state index >= 15 is 0 Å². The third-order valence-corrected chi connectivity index (χ3v) is 3.26. The Labute approximate surface area is 136 Å². The van der Waals surface area contributed by atoms with Crippen molar-refractivity contribution in [1.29, 1.82) is 0 Å². The SMILES string of the molecule is Cc1cccc(NN=Cc2cccc(Oc3ccccc3)c2)c1. The van der Waals surface area contributed by atoms with Gasteiger partial charge in [0, 0.05) is 0 Å². The van der Waals surface area contributed by atoms with Crippen molar-refractivity contribution in [3.8, 4) is 11.5 Å². The molecule has 0 aromatic heterocycles. The summed E-state index contributed by atoms with van der Waals surface area (Å²) in [6, 6.07) is 25.6. The van der Waals surface area contributed by atoms with Crippen molar-refractivity contribution in [2.24, 2.45) is 5.10 Å². The number of rotatable bonds is 5. The van der Waals surface area contributed by atoms with Crippen molar-refractivity contribution in [2.45, 2.75) is 6.92 Å². The van der Waals surface area contributed by atoms with Crippen LogP contribution >= 0.6 is 0 Å².